The Kier molecular flexibility index (Phi) is 5.35. The maximum absolute atomic E-state index is 14.2. The number of rotatable bonds is 6. The second kappa shape index (κ2) is 7.50. The van der Waals surface area contributed by atoms with E-state index < -0.39 is 12.2 Å². The summed E-state index contributed by atoms with van der Waals surface area (Å²) in [7, 11) is 3.24. The standard InChI is InChI=1S/C19H27FN2O3/c1-24-17-6-3-12(8-18(17)25-2)7-16(13-4-5-13)14-9-15(20)11-22(10-14)19(21)23/h3,6,8,13-16H,4-5,7,9-11H2,1-2H3,(H2,21,23)/t14-,15+,16?/m1/s1. The zero-order chi connectivity index (χ0) is 18.0. The molecule has 2 amide bonds. The molecule has 0 radical (unpaired) electrons. The van der Waals surface area contributed by atoms with Gasteiger partial charge in [-0.2, -0.15) is 0 Å². The molecule has 0 aromatic heterocycles. The highest BCUT2D eigenvalue weighted by atomic mass is 19.1. The predicted octanol–water partition coefficient (Wildman–Crippen LogP) is 3.01. The van der Waals surface area contributed by atoms with Crippen LogP contribution in [0.5, 0.6) is 11.5 Å². The Morgan fingerprint density at radius 3 is 2.56 bits per heavy atom. The first-order valence-electron chi connectivity index (χ1n) is 8.91. The zero-order valence-electron chi connectivity index (χ0n) is 14.9. The van der Waals surface area contributed by atoms with E-state index in [1.54, 1.807) is 14.2 Å². The molecule has 5 nitrogen and oxygen atoms in total. The summed E-state index contributed by atoms with van der Waals surface area (Å²) >= 11 is 0. The van der Waals surface area contributed by atoms with Crippen LogP contribution in [0.3, 0.4) is 0 Å². The quantitative estimate of drug-likeness (QED) is 0.858. The number of halogens is 1. The minimum atomic E-state index is -0.988. The molecule has 0 spiro atoms. The largest absolute Gasteiger partial charge is 0.493 e. The van der Waals surface area contributed by atoms with Crippen LogP contribution in [-0.4, -0.2) is 44.4 Å². The number of benzene rings is 1. The van der Waals surface area contributed by atoms with Gasteiger partial charge < -0.3 is 20.1 Å². The lowest BCUT2D eigenvalue weighted by molar-refractivity contribution is 0.0828. The van der Waals surface area contributed by atoms with Gasteiger partial charge in [-0.3, -0.25) is 0 Å². The fraction of sp³-hybridized carbons (Fsp3) is 0.632. The van der Waals surface area contributed by atoms with E-state index in [-0.39, 0.29) is 12.5 Å². The number of carbonyl (C=O) groups excluding carboxylic acids is 1. The van der Waals surface area contributed by atoms with Crippen LogP contribution in [0, 0.1) is 17.8 Å². The summed E-state index contributed by atoms with van der Waals surface area (Å²) in [6.45, 7) is 0.684. The average Bonchev–Trinajstić information content (AvgIpc) is 3.43. The van der Waals surface area contributed by atoms with Gasteiger partial charge in [0.2, 0.25) is 0 Å². The molecule has 1 aliphatic carbocycles. The number of likely N-dealkylation sites (tertiary alicyclic amines) is 1. The molecule has 1 aromatic rings. The van der Waals surface area contributed by atoms with E-state index in [1.165, 1.54) is 17.7 Å². The smallest absolute Gasteiger partial charge is 0.314 e. The molecule has 3 rings (SSSR count). The number of piperidine rings is 1. The maximum Gasteiger partial charge on any atom is 0.314 e. The predicted molar refractivity (Wildman–Crippen MR) is 93.6 cm³/mol. The molecular formula is C19H27FN2O3. The van der Waals surface area contributed by atoms with Gasteiger partial charge in [0.15, 0.2) is 11.5 Å². The van der Waals surface area contributed by atoms with Gasteiger partial charge in [0, 0.05) is 6.54 Å². The van der Waals surface area contributed by atoms with Crippen LogP contribution in [-0.2, 0) is 6.42 Å². The summed E-state index contributed by atoms with van der Waals surface area (Å²) in [5, 5.41) is 0. The summed E-state index contributed by atoms with van der Waals surface area (Å²) in [4.78, 5) is 13.0. The third-order valence-corrected chi connectivity index (χ3v) is 5.50. The molecule has 1 heterocycles. The summed E-state index contributed by atoms with van der Waals surface area (Å²) in [5.74, 6) is 2.53. The Morgan fingerprint density at radius 1 is 1.24 bits per heavy atom. The van der Waals surface area contributed by atoms with Gasteiger partial charge >= 0.3 is 6.03 Å². The number of hydrogen-bond acceptors (Lipinski definition) is 3. The molecule has 1 saturated heterocycles. The first kappa shape index (κ1) is 17.8. The fourth-order valence-corrected chi connectivity index (χ4v) is 4.09. The lowest BCUT2D eigenvalue weighted by atomic mass is 9.78. The molecule has 2 N–H and O–H groups in total. The van der Waals surface area contributed by atoms with E-state index in [2.05, 4.69) is 0 Å². The number of methoxy groups -OCH3 is 2. The SMILES string of the molecule is COc1ccc(CC(C2CC2)[C@@H]2C[C@H](F)CN(C(N)=O)C2)cc1OC. The Bertz CT molecular complexity index is 621. The first-order chi connectivity index (χ1) is 12.0. The van der Waals surface area contributed by atoms with Crippen LogP contribution in [0.4, 0.5) is 9.18 Å². The van der Waals surface area contributed by atoms with Crippen LogP contribution in [0.25, 0.3) is 0 Å². The van der Waals surface area contributed by atoms with Crippen molar-refractivity contribution in [3.8, 4) is 11.5 Å². The Labute approximate surface area is 148 Å². The molecule has 1 unspecified atom stereocenters. The third-order valence-electron chi connectivity index (χ3n) is 5.50. The maximum atomic E-state index is 14.2. The van der Waals surface area contributed by atoms with Gasteiger partial charge in [-0.05, 0) is 61.1 Å². The lowest BCUT2D eigenvalue weighted by Gasteiger charge is -2.38. The van der Waals surface area contributed by atoms with Crippen molar-refractivity contribution >= 4 is 6.03 Å². The second-order valence-corrected chi connectivity index (χ2v) is 7.23. The van der Waals surface area contributed by atoms with Crippen LogP contribution in [0.1, 0.15) is 24.8 Å². The van der Waals surface area contributed by atoms with Crippen molar-refractivity contribution in [2.24, 2.45) is 23.5 Å². The van der Waals surface area contributed by atoms with Crippen molar-refractivity contribution in [1.82, 2.24) is 4.90 Å². The summed E-state index contributed by atoms with van der Waals surface area (Å²) in [6.07, 6.45) is 2.75. The highest BCUT2D eigenvalue weighted by Crippen LogP contribution is 2.45. The van der Waals surface area contributed by atoms with Crippen molar-refractivity contribution in [3.05, 3.63) is 23.8 Å². The molecule has 1 aliphatic heterocycles. The number of primary amides is 1. The number of urea groups is 1. The van der Waals surface area contributed by atoms with E-state index >= 15 is 0 Å². The highest BCUT2D eigenvalue weighted by molar-refractivity contribution is 5.72. The minimum Gasteiger partial charge on any atom is -0.493 e. The van der Waals surface area contributed by atoms with E-state index in [9.17, 15) is 9.18 Å². The number of amides is 2. The molecule has 1 aromatic carbocycles. The lowest BCUT2D eigenvalue weighted by Crippen LogP contribution is -2.49. The number of carbonyl (C=O) groups is 1. The van der Waals surface area contributed by atoms with Gasteiger partial charge in [-0.25, -0.2) is 9.18 Å². The van der Waals surface area contributed by atoms with Gasteiger partial charge in [-0.1, -0.05) is 6.07 Å². The van der Waals surface area contributed by atoms with Gasteiger partial charge in [0.05, 0.1) is 20.8 Å². The van der Waals surface area contributed by atoms with Crippen molar-refractivity contribution in [1.29, 1.82) is 0 Å². The van der Waals surface area contributed by atoms with Crippen LogP contribution >= 0.6 is 0 Å². The van der Waals surface area contributed by atoms with Crippen LogP contribution < -0.4 is 15.2 Å². The molecule has 25 heavy (non-hydrogen) atoms. The second-order valence-electron chi connectivity index (χ2n) is 7.23. The molecule has 0 bridgehead atoms. The van der Waals surface area contributed by atoms with Gasteiger partial charge in [-0.15, -0.1) is 0 Å². The van der Waals surface area contributed by atoms with E-state index in [0.717, 1.165) is 12.0 Å². The number of hydrogen-bond donors (Lipinski definition) is 1. The summed E-state index contributed by atoms with van der Waals surface area (Å²) in [5.41, 5.74) is 6.55. The topological polar surface area (TPSA) is 64.8 Å². The van der Waals surface area contributed by atoms with Crippen molar-refractivity contribution in [3.63, 3.8) is 0 Å². The Hall–Kier alpha value is -1.98. The van der Waals surface area contributed by atoms with Crippen LogP contribution in [0.15, 0.2) is 18.2 Å². The van der Waals surface area contributed by atoms with E-state index in [0.29, 0.717) is 36.3 Å². The molecule has 3 atom stereocenters. The molecule has 6 heteroatoms. The minimum absolute atomic E-state index is 0.125. The van der Waals surface area contributed by atoms with E-state index in [4.69, 9.17) is 15.2 Å². The normalized spacial score (nSPS) is 24.7. The number of nitrogens with zero attached hydrogens (tertiary/aromatic N) is 1. The number of alkyl halides is 1. The average molecular weight is 350 g/mol. The highest BCUT2D eigenvalue weighted by Gasteiger charge is 2.41. The summed E-state index contributed by atoms with van der Waals surface area (Å²) in [6, 6.07) is 5.42. The molecule has 138 valence electrons. The van der Waals surface area contributed by atoms with Crippen LogP contribution in [0.2, 0.25) is 0 Å². The molecule has 1 saturated carbocycles. The Morgan fingerprint density at radius 2 is 1.96 bits per heavy atom. The van der Waals surface area contributed by atoms with Crippen molar-refractivity contribution in [2.75, 3.05) is 27.3 Å². The summed E-state index contributed by atoms with van der Waals surface area (Å²) < 4.78 is 24.8. The molecule has 2 fully saturated rings. The van der Waals surface area contributed by atoms with Crippen molar-refractivity contribution < 1.29 is 18.7 Å². The first-order valence-corrected chi connectivity index (χ1v) is 8.91. The van der Waals surface area contributed by atoms with E-state index in [1.807, 2.05) is 18.2 Å². The fourth-order valence-electron chi connectivity index (χ4n) is 4.09. The molecular weight excluding hydrogens is 323 g/mol. The van der Waals surface area contributed by atoms with Crippen molar-refractivity contribution in [2.45, 2.75) is 31.9 Å². The number of nitrogens with two attached hydrogens (primary N) is 1. The third kappa shape index (κ3) is 4.17. The molecule has 2 aliphatic rings. The van der Waals surface area contributed by atoms with Gasteiger partial charge in [0.1, 0.15) is 6.17 Å². The zero-order valence-corrected chi connectivity index (χ0v) is 14.9. The Balaban J connectivity index is 1.76. The van der Waals surface area contributed by atoms with Gasteiger partial charge in [0.25, 0.3) is 0 Å². The monoisotopic (exact) mass is 350 g/mol. The number of ether oxygens (including phenoxy) is 2.